The predicted molar refractivity (Wildman–Crippen MR) is 80.3 cm³/mol. The highest BCUT2D eigenvalue weighted by Gasteiger charge is 2.33. The van der Waals surface area contributed by atoms with E-state index in [0.29, 0.717) is 23.3 Å². The van der Waals surface area contributed by atoms with E-state index in [9.17, 15) is 4.79 Å². The Kier molecular flexibility index (Phi) is 4.60. The van der Waals surface area contributed by atoms with E-state index in [4.69, 9.17) is 5.84 Å². The standard InChI is InChI=1S/C15H24N4O/c1-4-12-7-11(8-14(17-12)18-16)15(20)19(9-10(2)3)13-5-6-13/h7-8,10,13H,4-6,9,16H2,1-3H3,(H,17,18). The van der Waals surface area contributed by atoms with Crippen LogP contribution >= 0.6 is 0 Å². The molecule has 1 saturated carbocycles. The number of aromatic nitrogens is 1. The fourth-order valence-corrected chi connectivity index (χ4v) is 2.31. The number of hydrogen-bond donors (Lipinski definition) is 2. The first-order valence-corrected chi connectivity index (χ1v) is 7.33. The molecule has 0 radical (unpaired) electrons. The van der Waals surface area contributed by atoms with Crippen LogP contribution in [0.5, 0.6) is 0 Å². The van der Waals surface area contributed by atoms with Gasteiger partial charge >= 0.3 is 0 Å². The monoisotopic (exact) mass is 276 g/mol. The molecule has 1 aromatic rings. The number of carbonyl (C=O) groups is 1. The fourth-order valence-electron chi connectivity index (χ4n) is 2.31. The summed E-state index contributed by atoms with van der Waals surface area (Å²) in [7, 11) is 0. The number of nitrogens with two attached hydrogens (primary N) is 1. The summed E-state index contributed by atoms with van der Waals surface area (Å²) in [6.45, 7) is 7.10. The smallest absolute Gasteiger partial charge is 0.254 e. The quantitative estimate of drug-likeness (QED) is 0.617. The van der Waals surface area contributed by atoms with Crippen molar-refractivity contribution in [1.82, 2.24) is 9.88 Å². The maximum absolute atomic E-state index is 12.7. The van der Waals surface area contributed by atoms with E-state index in [1.165, 1.54) is 0 Å². The number of nitrogen functional groups attached to an aromatic ring is 1. The molecule has 0 atom stereocenters. The van der Waals surface area contributed by atoms with Crippen LogP contribution in [0.15, 0.2) is 12.1 Å². The summed E-state index contributed by atoms with van der Waals surface area (Å²) in [4.78, 5) is 19.1. The van der Waals surface area contributed by atoms with Gasteiger partial charge in [-0.25, -0.2) is 10.8 Å². The highest BCUT2D eigenvalue weighted by molar-refractivity contribution is 5.95. The van der Waals surface area contributed by atoms with E-state index in [1.54, 1.807) is 6.07 Å². The van der Waals surface area contributed by atoms with Gasteiger partial charge in [-0.15, -0.1) is 0 Å². The lowest BCUT2D eigenvalue weighted by atomic mass is 10.1. The summed E-state index contributed by atoms with van der Waals surface area (Å²) in [5, 5.41) is 0. The van der Waals surface area contributed by atoms with Crippen molar-refractivity contribution >= 4 is 11.7 Å². The van der Waals surface area contributed by atoms with Gasteiger partial charge in [0.05, 0.1) is 0 Å². The number of nitrogens with zero attached hydrogens (tertiary/aromatic N) is 2. The average molecular weight is 276 g/mol. The molecule has 0 saturated heterocycles. The van der Waals surface area contributed by atoms with Crippen molar-refractivity contribution in [2.45, 2.75) is 46.1 Å². The van der Waals surface area contributed by atoms with Crippen molar-refractivity contribution in [1.29, 1.82) is 0 Å². The van der Waals surface area contributed by atoms with Gasteiger partial charge in [0.15, 0.2) is 0 Å². The van der Waals surface area contributed by atoms with Gasteiger partial charge in [0.1, 0.15) is 5.82 Å². The number of aryl methyl sites for hydroxylation is 1. The Labute approximate surface area is 120 Å². The van der Waals surface area contributed by atoms with E-state index >= 15 is 0 Å². The molecule has 1 aliphatic rings. The van der Waals surface area contributed by atoms with Gasteiger partial charge in [-0.2, -0.15) is 0 Å². The zero-order chi connectivity index (χ0) is 14.7. The number of nitrogens with one attached hydrogen (secondary N) is 1. The lowest BCUT2D eigenvalue weighted by molar-refractivity contribution is 0.0722. The molecule has 0 unspecified atom stereocenters. The Balaban J connectivity index is 2.25. The second-order valence-electron chi connectivity index (χ2n) is 5.81. The molecule has 0 aromatic carbocycles. The highest BCUT2D eigenvalue weighted by Crippen LogP contribution is 2.29. The molecule has 1 heterocycles. The van der Waals surface area contributed by atoms with E-state index < -0.39 is 0 Å². The number of anilines is 1. The topological polar surface area (TPSA) is 71.2 Å². The van der Waals surface area contributed by atoms with Crippen molar-refractivity contribution in [3.8, 4) is 0 Å². The van der Waals surface area contributed by atoms with E-state index in [0.717, 1.165) is 31.5 Å². The molecule has 1 fully saturated rings. The summed E-state index contributed by atoms with van der Waals surface area (Å²) < 4.78 is 0. The van der Waals surface area contributed by atoms with Gasteiger partial charge in [0.25, 0.3) is 5.91 Å². The van der Waals surface area contributed by atoms with Gasteiger partial charge in [-0.1, -0.05) is 20.8 Å². The molecule has 1 aromatic heterocycles. The predicted octanol–water partition coefficient (Wildman–Crippen LogP) is 2.19. The van der Waals surface area contributed by atoms with Crippen LogP contribution in [0.2, 0.25) is 0 Å². The lowest BCUT2D eigenvalue weighted by Gasteiger charge is -2.25. The van der Waals surface area contributed by atoms with Crippen LogP contribution in [0.25, 0.3) is 0 Å². The molecule has 2 rings (SSSR count). The molecule has 3 N–H and O–H groups in total. The molecular weight excluding hydrogens is 252 g/mol. The van der Waals surface area contributed by atoms with Gasteiger partial charge in [-0.3, -0.25) is 4.79 Å². The second kappa shape index (κ2) is 6.22. The Morgan fingerprint density at radius 1 is 1.50 bits per heavy atom. The molecule has 1 aliphatic carbocycles. The third-order valence-electron chi connectivity index (χ3n) is 3.45. The Hall–Kier alpha value is -1.62. The minimum Gasteiger partial charge on any atom is -0.335 e. The number of amides is 1. The van der Waals surface area contributed by atoms with Crippen molar-refractivity contribution in [3.05, 3.63) is 23.4 Å². The molecule has 0 aliphatic heterocycles. The molecular formula is C15H24N4O. The van der Waals surface area contributed by atoms with E-state index in [1.807, 2.05) is 17.9 Å². The van der Waals surface area contributed by atoms with Crippen LogP contribution in [-0.2, 0) is 6.42 Å². The lowest BCUT2D eigenvalue weighted by Crippen LogP contribution is -2.36. The summed E-state index contributed by atoms with van der Waals surface area (Å²) in [5.74, 6) is 6.55. The first-order chi connectivity index (χ1) is 9.55. The van der Waals surface area contributed by atoms with E-state index in [-0.39, 0.29) is 5.91 Å². The van der Waals surface area contributed by atoms with Crippen LogP contribution in [-0.4, -0.2) is 28.4 Å². The van der Waals surface area contributed by atoms with E-state index in [2.05, 4.69) is 24.3 Å². The Bertz CT molecular complexity index is 461. The molecule has 5 heteroatoms. The molecule has 5 nitrogen and oxygen atoms in total. The average Bonchev–Trinajstić information content (AvgIpc) is 3.27. The molecule has 20 heavy (non-hydrogen) atoms. The first kappa shape index (κ1) is 14.8. The fraction of sp³-hybridized carbons (Fsp3) is 0.600. The molecule has 1 amide bonds. The zero-order valence-corrected chi connectivity index (χ0v) is 12.5. The highest BCUT2D eigenvalue weighted by atomic mass is 16.2. The second-order valence-corrected chi connectivity index (χ2v) is 5.81. The third-order valence-corrected chi connectivity index (χ3v) is 3.45. The molecule has 0 bridgehead atoms. The summed E-state index contributed by atoms with van der Waals surface area (Å²) >= 11 is 0. The van der Waals surface area contributed by atoms with Crippen molar-refractivity contribution < 1.29 is 4.79 Å². The summed E-state index contributed by atoms with van der Waals surface area (Å²) in [6, 6.07) is 4.02. The summed E-state index contributed by atoms with van der Waals surface area (Å²) in [5.41, 5.74) is 4.10. The van der Waals surface area contributed by atoms with Crippen molar-refractivity contribution in [2.75, 3.05) is 12.0 Å². The summed E-state index contributed by atoms with van der Waals surface area (Å²) in [6.07, 6.45) is 3.02. The molecule has 110 valence electrons. The number of hydrogen-bond acceptors (Lipinski definition) is 4. The Morgan fingerprint density at radius 2 is 2.20 bits per heavy atom. The zero-order valence-electron chi connectivity index (χ0n) is 12.5. The maximum atomic E-state index is 12.7. The van der Waals surface area contributed by atoms with Crippen molar-refractivity contribution in [2.24, 2.45) is 11.8 Å². The minimum absolute atomic E-state index is 0.0924. The van der Waals surface area contributed by atoms with Crippen LogP contribution in [0.1, 0.15) is 49.7 Å². The van der Waals surface area contributed by atoms with Crippen LogP contribution in [0.4, 0.5) is 5.82 Å². The number of pyridine rings is 1. The maximum Gasteiger partial charge on any atom is 0.254 e. The van der Waals surface area contributed by atoms with Gasteiger partial charge in [-0.05, 0) is 37.3 Å². The minimum atomic E-state index is 0.0924. The normalized spacial score (nSPS) is 14.4. The Morgan fingerprint density at radius 3 is 2.70 bits per heavy atom. The van der Waals surface area contributed by atoms with Gasteiger partial charge in [0.2, 0.25) is 0 Å². The number of hydrazine groups is 1. The van der Waals surface area contributed by atoms with Gasteiger partial charge < -0.3 is 10.3 Å². The number of carbonyl (C=O) groups excluding carboxylic acids is 1. The first-order valence-electron chi connectivity index (χ1n) is 7.33. The molecule has 0 spiro atoms. The van der Waals surface area contributed by atoms with Crippen molar-refractivity contribution in [3.63, 3.8) is 0 Å². The SMILES string of the molecule is CCc1cc(C(=O)N(CC(C)C)C2CC2)cc(NN)n1. The van der Waals surface area contributed by atoms with Crippen LogP contribution in [0, 0.1) is 5.92 Å². The van der Waals surface area contributed by atoms with Gasteiger partial charge in [0, 0.05) is 23.8 Å². The number of rotatable bonds is 6. The van der Waals surface area contributed by atoms with Crippen LogP contribution in [0.3, 0.4) is 0 Å². The third kappa shape index (κ3) is 3.48. The van der Waals surface area contributed by atoms with Crippen LogP contribution < -0.4 is 11.3 Å². The largest absolute Gasteiger partial charge is 0.335 e.